The smallest absolute Gasteiger partial charge is 0.412 e. The second-order valence-corrected chi connectivity index (χ2v) is 11.8. The number of alkyl carbamates (subject to hydrolysis) is 1. The summed E-state index contributed by atoms with van der Waals surface area (Å²) in [5, 5.41) is 30.7. The van der Waals surface area contributed by atoms with Crippen LogP contribution in [-0.2, 0) is 30.3 Å². The van der Waals surface area contributed by atoms with Gasteiger partial charge in [-0.1, -0.05) is 12.6 Å². The van der Waals surface area contributed by atoms with E-state index in [1.165, 1.54) is 35.0 Å². The van der Waals surface area contributed by atoms with Crippen LogP contribution < -0.4 is 20.7 Å². The molecule has 2 bridgehead atoms. The lowest BCUT2D eigenvalue weighted by atomic mass is 9.70. The molecule has 0 saturated carbocycles. The van der Waals surface area contributed by atoms with E-state index in [9.17, 15) is 29.5 Å². The van der Waals surface area contributed by atoms with Gasteiger partial charge in [0.25, 0.3) is 0 Å². The molecule has 13 heteroatoms. The molecule has 2 amide bonds. The molecule has 1 aromatic rings. The molecule has 1 aliphatic carbocycles. The fourth-order valence-electron chi connectivity index (χ4n) is 7.17. The van der Waals surface area contributed by atoms with Gasteiger partial charge in [0.15, 0.2) is 23.0 Å². The second-order valence-electron chi connectivity index (χ2n) is 11.8. The highest BCUT2D eigenvalue weighted by Gasteiger charge is 2.55. The Kier molecular flexibility index (Phi) is 8.48. The fourth-order valence-corrected chi connectivity index (χ4v) is 7.17. The Morgan fingerprint density at radius 2 is 1.93 bits per heavy atom. The lowest BCUT2D eigenvalue weighted by Crippen LogP contribution is -2.71. The number of Topliss-reactive ketones (excluding diaryl/α,β-unsaturated/α-hetero) is 2. The van der Waals surface area contributed by atoms with Crippen molar-refractivity contribution in [3.05, 3.63) is 57.6 Å². The molecule has 13 nitrogen and oxygen atoms in total. The van der Waals surface area contributed by atoms with Crippen molar-refractivity contribution in [1.82, 2.24) is 20.9 Å². The highest BCUT2D eigenvalue weighted by atomic mass is 16.6. The highest BCUT2D eigenvalue weighted by Crippen LogP contribution is 2.50. The van der Waals surface area contributed by atoms with E-state index >= 15 is 0 Å². The Balaban J connectivity index is 1.58. The van der Waals surface area contributed by atoms with E-state index in [-0.39, 0.29) is 58.8 Å². The van der Waals surface area contributed by atoms with Crippen molar-refractivity contribution in [1.29, 1.82) is 5.26 Å². The molecule has 3 aliphatic heterocycles. The zero-order valence-corrected chi connectivity index (χ0v) is 26.1. The average Bonchev–Trinajstić information content (AvgIpc) is 2.98. The predicted octanol–water partition coefficient (Wildman–Crippen LogP) is 1.75. The number of methoxy groups -OCH3 is 2. The summed E-state index contributed by atoms with van der Waals surface area (Å²) in [6.45, 7) is 9.68. The van der Waals surface area contributed by atoms with Gasteiger partial charge in [0.2, 0.25) is 11.7 Å². The number of allylic oxidation sites excluding steroid dienone is 3. The molecule has 4 aliphatic rings. The van der Waals surface area contributed by atoms with Crippen LogP contribution in [0.1, 0.15) is 49.9 Å². The van der Waals surface area contributed by atoms with Crippen LogP contribution in [0.25, 0.3) is 0 Å². The summed E-state index contributed by atoms with van der Waals surface area (Å²) < 4.78 is 15.8. The molecule has 1 fully saturated rings. The number of aromatic hydroxyl groups is 1. The molecule has 4 N–H and O–H groups in total. The minimum Gasteiger partial charge on any atom is -0.504 e. The van der Waals surface area contributed by atoms with E-state index in [0.29, 0.717) is 17.7 Å². The average molecular weight is 620 g/mol. The standard InChI is InChI=1S/C32H37N5O8/c1-13(2)45-32(42)35-16(5)31(41)34-12-22-24-18(26(38)15(4)30(44-7)28(24)40)10-20-25-23-17(8-14(3)29(43-6)27(23)39)9-19(36-25)21(11-33)37(20)22/h8,16,19-22,25,36,39H,1,9-10,12H2,2-7H3,(H,34,41)(H,35,42)/t16-,19+,20?,21-,22-,25-/m0/s1. The summed E-state index contributed by atoms with van der Waals surface area (Å²) in [6.07, 6.45) is -0.325. The van der Waals surface area contributed by atoms with Gasteiger partial charge in [-0.15, -0.1) is 0 Å². The van der Waals surface area contributed by atoms with Crippen molar-refractivity contribution in [2.24, 2.45) is 0 Å². The van der Waals surface area contributed by atoms with Crippen molar-refractivity contribution in [2.75, 3.05) is 20.8 Å². The predicted molar refractivity (Wildman–Crippen MR) is 160 cm³/mol. The summed E-state index contributed by atoms with van der Waals surface area (Å²) in [4.78, 5) is 54.7. The monoisotopic (exact) mass is 619 g/mol. The van der Waals surface area contributed by atoms with E-state index < -0.39 is 48.0 Å². The maximum Gasteiger partial charge on any atom is 0.412 e. The number of amides is 2. The Hall–Kier alpha value is -4.67. The van der Waals surface area contributed by atoms with Crippen LogP contribution in [0.5, 0.6) is 11.5 Å². The number of ketones is 2. The SMILES string of the molecule is C=C(C)OC(=O)N[C@@H](C)C(=O)NC[C@H]1C2=C(CC3[C@@H]4N[C@H](Cc5cc(C)c(OC)c(O)c54)[C@H](C#N)N31)C(=O)C(C)=C(OC)C2=O. The van der Waals surface area contributed by atoms with E-state index in [1.807, 2.05) is 17.9 Å². The highest BCUT2D eigenvalue weighted by molar-refractivity contribution is 6.25. The van der Waals surface area contributed by atoms with Crippen LogP contribution >= 0.6 is 0 Å². The third kappa shape index (κ3) is 5.23. The molecular formula is C32H37N5O8. The molecular weight excluding hydrogens is 582 g/mol. The zero-order valence-electron chi connectivity index (χ0n) is 26.1. The number of phenols is 1. The van der Waals surface area contributed by atoms with Crippen LogP contribution in [0.15, 0.2) is 40.9 Å². The topological polar surface area (TPSA) is 179 Å². The summed E-state index contributed by atoms with van der Waals surface area (Å²) in [5.74, 6) is -1.03. The first-order valence-corrected chi connectivity index (χ1v) is 14.7. The van der Waals surface area contributed by atoms with Crippen LogP contribution in [0.3, 0.4) is 0 Å². The normalized spacial score (nSPS) is 26.1. The van der Waals surface area contributed by atoms with Gasteiger partial charge in [0.1, 0.15) is 12.1 Å². The first kappa shape index (κ1) is 31.7. The number of ether oxygens (including phenoxy) is 3. The first-order valence-electron chi connectivity index (χ1n) is 14.7. The zero-order chi connectivity index (χ0) is 32.9. The van der Waals surface area contributed by atoms with E-state index in [4.69, 9.17) is 14.2 Å². The van der Waals surface area contributed by atoms with Crippen molar-refractivity contribution >= 4 is 23.6 Å². The Bertz CT molecular complexity index is 1620. The second kappa shape index (κ2) is 12.0. The molecule has 1 saturated heterocycles. The van der Waals surface area contributed by atoms with Crippen molar-refractivity contribution in [2.45, 2.75) is 76.8 Å². The number of nitrogens with zero attached hydrogens (tertiary/aromatic N) is 2. The fraction of sp³-hybridized carbons (Fsp3) is 0.469. The minimum absolute atomic E-state index is 0.0197. The van der Waals surface area contributed by atoms with Gasteiger partial charge in [-0.2, -0.15) is 5.26 Å². The quantitative estimate of drug-likeness (QED) is 0.258. The van der Waals surface area contributed by atoms with E-state index in [2.05, 4.69) is 28.6 Å². The number of fused-ring (bicyclic) bond motifs is 6. The Morgan fingerprint density at radius 3 is 2.56 bits per heavy atom. The number of nitriles is 1. The number of carbonyl (C=O) groups excluding carboxylic acids is 4. The van der Waals surface area contributed by atoms with Gasteiger partial charge in [-0.25, -0.2) is 4.79 Å². The summed E-state index contributed by atoms with van der Waals surface area (Å²) in [5.41, 5.74) is 2.85. The third-order valence-corrected chi connectivity index (χ3v) is 9.02. The number of phenolic OH excluding ortho intramolecular Hbond substituents is 1. The van der Waals surface area contributed by atoms with Crippen LogP contribution in [0, 0.1) is 18.3 Å². The Morgan fingerprint density at radius 1 is 1.22 bits per heavy atom. The largest absolute Gasteiger partial charge is 0.504 e. The molecule has 45 heavy (non-hydrogen) atoms. The number of carbonyl (C=O) groups is 4. The molecule has 238 valence electrons. The molecule has 1 unspecified atom stereocenters. The first-order chi connectivity index (χ1) is 21.3. The molecule has 0 radical (unpaired) electrons. The van der Waals surface area contributed by atoms with E-state index in [0.717, 1.165) is 11.1 Å². The number of aryl methyl sites for hydroxylation is 1. The van der Waals surface area contributed by atoms with Gasteiger partial charge in [-0.05, 0) is 51.7 Å². The number of piperazine rings is 1. The summed E-state index contributed by atoms with van der Waals surface area (Å²) >= 11 is 0. The van der Waals surface area contributed by atoms with Crippen LogP contribution in [-0.4, -0.2) is 84.5 Å². The van der Waals surface area contributed by atoms with Gasteiger partial charge < -0.3 is 35.3 Å². The van der Waals surface area contributed by atoms with Gasteiger partial charge in [-0.3, -0.25) is 19.3 Å². The van der Waals surface area contributed by atoms with Gasteiger partial charge in [0, 0.05) is 40.9 Å². The van der Waals surface area contributed by atoms with Crippen LogP contribution in [0.4, 0.5) is 4.79 Å². The maximum absolute atomic E-state index is 13.9. The molecule has 6 atom stereocenters. The molecule has 0 aromatic heterocycles. The van der Waals surface area contributed by atoms with E-state index in [1.54, 1.807) is 0 Å². The van der Waals surface area contributed by atoms with Gasteiger partial charge in [0.05, 0.1) is 38.1 Å². The number of hydrogen-bond donors (Lipinski definition) is 4. The summed E-state index contributed by atoms with van der Waals surface area (Å²) in [6, 6.07) is 0.197. The minimum atomic E-state index is -1.02. The maximum atomic E-state index is 13.9. The molecule has 0 spiro atoms. The lowest BCUT2D eigenvalue weighted by Gasteiger charge is -2.57. The number of hydrogen-bond acceptors (Lipinski definition) is 11. The lowest BCUT2D eigenvalue weighted by molar-refractivity contribution is -0.124. The summed E-state index contributed by atoms with van der Waals surface area (Å²) in [7, 11) is 2.80. The van der Waals surface area contributed by atoms with Gasteiger partial charge >= 0.3 is 6.09 Å². The van der Waals surface area contributed by atoms with Crippen LogP contribution in [0.2, 0.25) is 0 Å². The number of nitrogens with one attached hydrogen (secondary N) is 3. The Labute approximate surface area is 260 Å². The van der Waals surface area contributed by atoms with Crippen molar-refractivity contribution in [3.8, 4) is 17.6 Å². The van der Waals surface area contributed by atoms with Crippen molar-refractivity contribution in [3.63, 3.8) is 0 Å². The molecule has 1 aromatic carbocycles. The third-order valence-electron chi connectivity index (χ3n) is 9.02. The number of benzene rings is 1. The molecule has 5 rings (SSSR count). The number of rotatable bonds is 7. The van der Waals surface area contributed by atoms with Crippen molar-refractivity contribution < 1.29 is 38.5 Å². The molecule has 3 heterocycles.